The molecular weight excluding hydrogens is 346 g/mol. The van der Waals surface area contributed by atoms with Crippen LogP contribution in [0.1, 0.15) is 25.0 Å². The summed E-state index contributed by atoms with van der Waals surface area (Å²) in [6, 6.07) is 6.13. The second-order valence-electron chi connectivity index (χ2n) is 7.55. The number of fused-ring (bicyclic) bond motifs is 2. The van der Waals surface area contributed by atoms with Crippen LogP contribution in [0.4, 0.5) is 5.69 Å². The number of aryl methyl sites for hydroxylation is 1. The van der Waals surface area contributed by atoms with E-state index < -0.39 is 0 Å². The van der Waals surface area contributed by atoms with E-state index in [1.54, 1.807) is 0 Å². The Balaban J connectivity index is 1.44. The molecule has 0 unspecified atom stereocenters. The highest BCUT2D eigenvalue weighted by Gasteiger charge is 2.38. The number of amides is 1. The minimum absolute atomic E-state index is 0.0844. The number of piperidine rings is 1. The van der Waals surface area contributed by atoms with Gasteiger partial charge in [-0.15, -0.1) is 0 Å². The summed E-state index contributed by atoms with van der Waals surface area (Å²) in [4.78, 5) is 18.7. The zero-order chi connectivity index (χ0) is 18.4. The number of hydrogen-bond donors (Lipinski definition) is 1. The molecule has 7 heteroatoms. The van der Waals surface area contributed by atoms with Gasteiger partial charge in [-0.3, -0.25) is 9.78 Å². The molecule has 0 atom stereocenters. The fourth-order valence-corrected chi connectivity index (χ4v) is 4.22. The van der Waals surface area contributed by atoms with Gasteiger partial charge >= 0.3 is 0 Å². The molecule has 3 aliphatic heterocycles. The van der Waals surface area contributed by atoms with Crippen LogP contribution >= 0.6 is 0 Å². The van der Waals surface area contributed by atoms with Gasteiger partial charge in [-0.05, 0) is 31.9 Å². The molecule has 0 aliphatic carbocycles. The number of carbonyl (C=O) groups is 1. The molecule has 1 aromatic carbocycles. The normalized spacial score (nSPS) is 21.4. The van der Waals surface area contributed by atoms with E-state index in [2.05, 4.69) is 21.3 Å². The topological polar surface area (TPSA) is 72.9 Å². The van der Waals surface area contributed by atoms with Gasteiger partial charge in [0.1, 0.15) is 0 Å². The van der Waals surface area contributed by atoms with Crippen LogP contribution in [-0.4, -0.2) is 49.5 Å². The van der Waals surface area contributed by atoms with Crippen molar-refractivity contribution in [3.8, 4) is 11.5 Å². The van der Waals surface area contributed by atoms with Gasteiger partial charge in [0, 0.05) is 48.9 Å². The quantitative estimate of drug-likeness (QED) is 0.830. The number of anilines is 1. The van der Waals surface area contributed by atoms with Crippen LogP contribution in [0.3, 0.4) is 0 Å². The molecule has 7 nitrogen and oxygen atoms in total. The third-order valence-corrected chi connectivity index (χ3v) is 5.77. The Morgan fingerprint density at radius 2 is 1.93 bits per heavy atom. The molecule has 0 radical (unpaired) electrons. The maximum atomic E-state index is 11.6. The molecule has 2 fully saturated rings. The van der Waals surface area contributed by atoms with Crippen LogP contribution < -0.4 is 19.7 Å². The fraction of sp³-hybridized carbons (Fsp3) is 0.500. The van der Waals surface area contributed by atoms with Gasteiger partial charge in [0.15, 0.2) is 11.5 Å². The van der Waals surface area contributed by atoms with Crippen LogP contribution in [0.15, 0.2) is 18.2 Å². The summed E-state index contributed by atoms with van der Waals surface area (Å²) in [7, 11) is 0. The van der Waals surface area contributed by atoms with Crippen LogP contribution in [0.25, 0.3) is 10.9 Å². The van der Waals surface area contributed by atoms with Gasteiger partial charge in [-0.2, -0.15) is 0 Å². The van der Waals surface area contributed by atoms with Gasteiger partial charge in [0.2, 0.25) is 12.7 Å². The molecule has 0 saturated carbocycles. The van der Waals surface area contributed by atoms with E-state index in [-0.39, 0.29) is 18.3 Å². The minimum atomic E-state index is -0.237. The van der Waals surface area contributed by atoms with Gasteiger partial charge in [-0.25, -0.2) is 0 Å². The number of hydrogen-bond acceptors (Lipinski definition) is 6. The lowest BCUT2D eigenvalue weighted by atomic mass is 9.90. The van der Waals surface area contributed by atoms with Crippen LogP contribution in [0.5, 0.6) is 11.5 Å². The van der Waals surface area contributed by atoms with Crippen molar-refractivity contribution in [3.05, 3.63) is 23.9 Å². The number of nitrogens with zero attached hydrogens (tertiary/aromatic N) is 2. The maximum absolute atomic E-state index is 11.6. The second-order valence-corrected chi connectivity index (χ2v) is 7.55. The average Bonchev–Trinajstić information content (AvgIpc) is 3.04. The van der Waals surface area contributed by atoms with Crippen molar-refractivity contribution in [2.45, 2.75) is 31.8 Å². The Morgan fingerprint density at radius 3 is 2.74 bits per heavy atom. The van der Waals surface area contributed by atoms with Crippen molar-refractivity contribution >= 4 is 22.5 Å². The first-order chi connectivity index (χ1) is 13.1. The number of aromatic nitrogens is 1. The molecule has 1 amide bonds. The molecule has 2 saturated heterocycles. The molecule has 1 N–H and O–H groups in total. The maximum Gasteiger partial charge on any atom is 0.231 e. The Bertz CT molecular complexity index is 906. The third kappa shape index (κ3) is 2.96. The Kier molecular flexibility index (Phi) is 3.86. The fourth-order valence-electron chi connectivity index (χ4n) is 4.22. The standard InChI is InChI=1S/C20H23N3O4/c1-13-8-16(14-9-17-18(26-12-25-17)10-15(14)22-13)23-5-3-20(4-6-23)11-21-19(24)2-7-27-20/h8-10H,2-7,11-12H2,1H3,(H,21,24). The molecule has 2 aromatic rings. The summed E-state index contributed by atoms with van der Waals surface area (Å²) >= 11 is 0. The highest BCUT2D eigenvalue weighted by atomic mass is 16.7. The molecule has 4 heterocycles. The summed E-state index contributed by atoms with van der Waals surface area (Å²) < 4.78 is 17.2. The molecule has 1 aromatic heterocycles. The van der Waals surface area contributed by atoms with E-state index >= 15 is 0 Å². The van der Waals surface area contributed by atoms with Crippen molar-refractivity contribution in [2.75, 3.05) is 37.9 Å². The van der Waals surface area contributed by atoms with E-state index in [0.29, 0.717) is 19.6 Å². The first-order valence-electron chi connectivity index (χ1n) is 9.49. The van der Waals surface area contributed by atoms with Gasteiger partial charge in [0.25, 0.3) is 0 Å². The first-order valence-corrected chi connectivity index (χ1v) is 9.49. The number of carbonyl (C=O) groups excluding carboxylic acids is 1. The number of pyridine rings is 1. The second kappa shape index (κ2) is 6.27. The average molecular weight is 369 g/mol. The van der Waals surface area contributed by atoms with E-state index in [1.807, 2.05) is 19.1 Å². The number of nitrogens with one attached hydrogen (secondary N) is 1. The summed E-state index contributed by atoms with van der Waals surface area (Å²) in [6.07, 6.45) is 2.23. The molecule has 142 valence electrons. The Morgan fingerprint density at radius 1 is 1.15 bits per heavy atom. The monoisotopic (exact) mass is 369 g/mol. The van der Waals surface area contributed by atoms with E-state index in [9.17, 15) is 4.79 Å². The molecule has 1 spiro atoms. The van der Waals surface area contributed by atoms with Crippen molar-refractivity contribution in [2.24, 2.45) is 0 Å². The molecule has 5 rings (SSSR count). The number of benzene rings is 1. The first kappa shape index (κ1) is 16.6. The predicted molar refractivity (Wildman–Crippen MR) is 100 cm³/mol. The smallest absolute Gasteiger partial charge is 0.231 e. The summed E-state index contributed by atoms with van der Waals surface area (Å²) in [6.45, 7) is 5.14. The van der Waals surface area contributed by atoms with E-state index in [0.717, 1.165) is 54.0 Å². The third-order valence-electron chi connectivity index (χ3n) is 5.77. The molecular formula is C20H23N3O4. The van der Waals surface area contributed by atoms with Gasteiger partial charge in [0.05, 0.1) is 17.7 Å². The van der Waals surface area contributed by atoms with Crippen LogP contribution in [0.2, 0.25) is 0 Å². The Labute approximate surface area is 157 Å². The lowest BCUT2D eigenvalue weighted by Crippen LogP contribution is -2.51. The number of rotatable bonds is 1. The van der Waals surface area contributed by atoms with Crippen LogP contribution in [0, 0.1) is 6.92 Å². The number of ether oxygens (including phenoxy) is 3. The van der Waals surface area contributed by atoms with Crippen LogP contribution in [-0.2, 0) is 9.53 Å². The summed E-state index contributed by atoms with van der Waals surface area (Å²) in [5, 5.41) is 4.08. The zero-order valence-corrected chi connectivity index (χ0v) is 15.4. The largest absolute Gasteiger partial charge is 0.454 e. The van der Waals surface area contributed by atoms with Gasteiger partial charge < -0.3 is 24.4 Å². The lowest BCUT2D eigenvalue weighted by molar-refractivity contribution is -0.120. The van der Waals surface area contributed by atoms with Crippen molar-refractivity contribution in [3.63, 3.8) is 0 Å². The summed E-state index contributed by atoms with van der Waals surface area (Å²) in [5.41, 5.74) is 2.84. The molecule has 3 aliphatic rings. The highest BCUT2D eigenvalue weighted by molar-refractivity contribution is 5.94. The zero-order valence-electron chi connectivity index (χ0n) is 15.4. The highest BCUT2D eigenvalue weighted by Crippen LogP contribution is 2.40. The summed E-state index contributed by atoms with van der Waals surface area (Å²) in [5.74, 6) is 1.62. The van der Waals surface area contributed by atoms with E-state index in [4.69, 9.17) is 14.2 Å². The molecule has 0 bridgehead atoms. The Hall–Kier alpha value is -2.54. The predicted octanol–water partition coefficient (Wildman–Crippen LogP) is 2.15. The van der Waals surface area contributed by atoms with Crippen molar-refractivity contribution in [1.82, 2.24) is 10.3 Å². The van der Waals surface area contributed by atoms with E-state index in [1.165, 1.54) is 5.69 Å². The van der Waals surface area contributed by atoms with Crippen molar-refractivity contribution < 1.29 is 19.0 Å². The SMILES string of the molecule is Cc1cc(N2CCC3(CC2)CNC(=O)CCO3)c2cc3c(cc2n1)OCO3. The minimum Gasteiger partial charge on any atom is -0.454 e. The van der Waals surface area contributed by atoms with Gasteiger partial charge in [-0.1, -0.05) is 0 Å². The lowest BCUT2D eigenvalue weighted by Gasteiger charge is -2.42. The van der Waals surface area contributed by atoms with Crippen molar-refractivity contribution in [1.29, 1.82) is 0 Å². The molecule has 27 heavy (non-hydrogen) atoms.